The molecule has 0 aromatic carbocycles. The molecule has 2 aliphatic heterocycles. The van der Waals surface area contributed by atoms with E-state index in [1.165, 1.54) is 25.0 Å². The van der Waals surface area contributed by atoms with Gasteiger partial charge in [0.25, 0.3) is 0 Å². The maximum atomic E-state index is 9.98. The summed E-state index contributed by atoms with van der Waals surface area (Å²) in [5, 5.41) is 9.98. The number of allylic oxidation sites excluding steroid dienone is 1. The minimum absolute atomic E-state index is 0.115. The Morgan fingerprint density at radius 1 is 1.50 bits per heavy atom. The molecule has 2 fully saturated rings. The Labute approximate surface area is 86.6 Å². The molecule has 2 aliphatic rings. The number of fused-ring (bicyclic) bond motifs is 1. The normalized spacial score (nSPS) is 36.7. The van der Waals surface area contributed by atoms with Crippen LogP contribution in [0.15, 0.2) is 11.6 Å². The Bertz CT molecular complexity index is 234. The maximum Gasteiger partial charge on any atom is 0.0733 e. The molecule has 0 aliphatic carbocycles. The molecule has 0 amide bonds. The molecule has 2 heterocycles. The molecule has 2 saturated heterocycles. The minimum Gasteiger partial charge on any atom is -0.391 e. The van der Waals surface area contributed by atoms with Crippen LogP contribution in [0.2, 0.25) is 0 Å². The predicted octanol–water partition coefficient (Wildman–Crippen LogP) is 1.80. The van der Waals surface area contributed by atoms with Gasteiger partial charge in [0.15, 0.2) is 0 Å². The lowest BCUT2D eigenvalue weighted by Gasteiger charge is -2.35. The van der Waals surface area contributed by atoms with E-state index in [0.29, 0.717) is 12.0 Å². The van der Waals surface area contributed by atoms with Gasteiger partial charge in [0.05, 0.1) is 6.10 Å². The predicted molar refractivity (Wildman–Crippen MR) is 58.1 cm³/mol. The number of rotatable bonds is 1. The van der Waals surface area contributed by atoms with Gasteiger partial charge in [-0.2, -0.15) is 0 Å². The van der Waals surface area contributed by atoms with Crippen molar-refractivity contribution in [3.63, 3.8) is 0 Å². The summed E-state index contributed by atoms with van der Waals surface area (Å²) in [5.74, 6) is 0.608. The fraction of sp³-hybridized carbons (Fsp3) is 0.833. The quantitative estimate of drug-likeness (QED) is 0.645. The van der Waals surface area contributed by atoms with E-state index in [1.807, 2.05) is 0 Å². The van der Waals surface area contributed by atoms with Crippen molar-refractivity contribution in [2.75, 3.05) is 13.1 Å². The van der Waals surface area contributed by atoms with Crippen molar-refractivity contribution in [3.8, 4) is 0 Å². The lowest BCUT2D eigenvalue weighted by Crippen LogP contribution is -2.44. The third kappa shape index (κ3) is 2.01. The number of hydrogen-bond acceptors (Lipinski definition) is 2. The van der Waals surface area contributed by atoms with E-state index in [-0.39, 0.29) is 6.10 Å². The standard InChI is InChI=1S/C12H21NO/c1-9(2)6-10-7-12(14)11-4-3-5-13(11)8-10/h6,9,11-12,14H,3-5,7-8H2,1-2H3/b10-6-. The molecule has 2 heteroatoms. The Morgan fingerprint density at radius 3 is 3.00 bits per heavy atom. The largest absolute Gasteiger partial charge is 0.391 e. The zero-order valence-electron chi connectivity index (χ0n) is 9.24. The van der Waals surface area contributed by atoms with Crippen LogP contribution in [-0.2, 0) is 0 Å². The van der Waals surface area contributed by atoms with Gasteiger partial charge in [-0.1, -0.05) is 25.5 Å². The van der Waals surface area contributed by atoms with Crippen LogP contribution < -0.4 is 0 Å². The van der Waals surface area contributed by atoms with Crippen molar-refractivity contribution in [2.24, 2.45) is 5.92 Å². The second-order valence-electron chi connectivity index (χ2n) is 5.02. The number of nitrogens with zero attached hydrogens (tertiary/aromatic N) is 1. The molecule has 2 atom stereocenters. The topological polar surface area (TPSA) is 23.5 Å². The van der Waals surface area contributed by atoms with Gasteiger partial charge in [0.2, 0.25) is 0 Å². The fourth-order valence-electron chi connectivity index (χ4n) is 2.81. The van der Waals surface area contributed by atoms with Crippen LogP contribution in [0.25, 0.3) is 0 Å². The summed E-state index contributed by atoms with van der Waals surface area (Å²) in [7, 11) is 0. The fourth-order valence-corrected chi connectivity index (χ4v) is 2.81. The van der Waals surface area contributed by atoms with Gasteiger partial charge in [-0.05, 0) is 31.7 Å². The van der Waals surface area contributed by atoms with Crippen LogP contribution in [0, 0.1) is 5.92 Å². The van der Waals surface area contributed by atoms with Gasteiger partial charge in [-0.25, -0.2) is 0 Å². The Kier molecular flexibility index (Phi) is 2.93. The lowest BCUT2D eigenvalue weighted by atomic mass is 9.93. The second kappa shape index (κ2) is 4.03. The number of hydrogen-bond donors (Lipinski definition) is 1. The van der Waals surface area contributed by atoms with Crippen LogP contribution in [0.1, 0.15) is 33.1 Å². The lowest BCUT2D eigenvalue weighted by molar-refractivity contribution is 0.0559. The summed E-state index contributed by atoms with van der Waals surface area (Å²) in [6.45, 7) is 6.68. The SMILES string of the molecule is CC(C)/C=C1/CC(O)C2CCCN2C1. The van der Waals surface area contributed by atoms with E-state index >= 15 is 0 Å². The highest BCUT2D eigenvalue weighted by Crippen LogP contribution is 2.30. The van der Waals surface area contributed by atoms with Crippen molar-refractivity contribution in [2.45, 2.75) is 45.3 Å². The molecule has 0 spiro atoms. The average molecular weight is 195 g/mol. The van der Waals surface area contributed by atoms with Gasteiger partial charge in [-0.3, -0.25) is 4.90 Å². The van der Waals surface area contributed by atoms with Crippen LogP contribution in [0.4, 0.5) is 0 Å². The smallest absolute Gasteiger partial charge is 0.0733 e. The molecule has 1 N–H and O–H groups in total. The van der Waals surface area contributed by atoms with Crippen LogP contribution in [-0.4, -0.2) is 35.2 Å². The molecule has 0 aromatic heterocycles. The molecule has 0 bridgehead atoms. The van der Waals surface area contributed by atoms with Gasteiger partial charge in [0, 0.05) is 12.6 Å². The van der Waals surface area contributed by atoms with Crippen molar-refractivity contribution in [1.29, 1.82) is 0 Å². The van der Waals surface area contributed by atoms with Gasteiger partial charge < -0.3 is 5.11 Å². The summed E-state index contributed by atoms with van der Waals surface area (Å²) in [4.78, 5) is 2.45. The molecular formula is C12H21NO. The number of aliphatic hydroxyl groups excluding tert-OH is 1. The Hall–Kier alpha value is -0.340. The first-order valence-corrected chi connectivity index (χ1v) is 5.78. The maximum absolute atomic E-state index is 9.98. The molecule has 2 unspecified atom stereocenters. The monoisotopic (exact) mass is 195 g/mol. The number of aliphatic hydroxyl groups is 1. The van der Waals surface area contributed by atoms with Gasteiger partial charge in [-0.15, -0.1) is 0 Å². The molecule has 0 saturated carbocycles. The Balaban J connectivity index is 2.05. The molecule has 2 nitrogen and oxygen atoms in total. The average Bonchev–Trinajstić information content (AvgIpc) is 2.50. The molecule has 80 valence electrons. The Morgan fingerprint density at radius 2 is 2.29 bits per heavy atom. The van der Waals surface area contributed by atoms with E-state index in [0.717, 1.165) is 13.0 Å². The van der Waals surface area contributed by atoms with Crippen LogP contribution in [0.3, 0.4) is 0 Å². The van der Waals surface area contributed by atoms with Crippen molar-refractivity contribution < 1.29 is 5.11 Å². The summed E-state index contributed by atoms with van der Waals surface area (Å²) < 4.78 is 0. The zero-order valence-corrected chi connectivity index (χ0v) is 9.24. The first-order valence-electron chi connectivity index (χ1n) is 5.78. The summed E-state index contributed by atoms with van der Waals surface area (Å²) >= 11 is 0. The zero-order chi connectivity index (χ0) is 10.1. The molecule has 14 heavy (non-hydrogen) atoms. The summed E-state index contributed by atoms with van der Waals surface area (Å²) in [6, 6.07) is 0.458. The first kappa shape index (κ1) is 10.2. The van der Waals surface area contributed by atoms with Crippen LogP contribution in [0.5, 0.6) is 0 Å². The molecule has 2 rings (SSSR count). The second-order valence-corrected chi connectivity index (χ2v) is 5.02. The highest BCUT2D eigenvalue weighted by atomic mass is 16.3. The summed E-state index contributed by atoms with van der Waals surface area (Å²) in [6.07, 6.45) is 5.56. The van der Waals surface area contributed by atoms with Crippen LogP contribution >= 0.6 is 0 Å². The first-order chi connectivity index (χ1) is 6.66. The van der Waals surface area contributed by atoms with Crippen molar-refractivity contribution >= 4 is 0 Å². The van der Waals surface area contributed by atoms with E-state index in [2.05, 4.69) is 24.8 Å². The van der Waals surface area contributed by atoms with E-state index < -0.39 is 0 Å². The highest BCUT2D eigenvalue weighted by molar-refractivity contribution is 5.13. The highest BCUT2D eigenvalue weighted by Gasteiger charge is 2.35. The molecule has 0 aromatic rings. The minimum atomic E-state index is -0.115. The van der Waals surface area contributed by atoms with Crippen molar-refractivity contribution in [1.82, 2.24) is 4.90 Å². The molecule has 0 radical (unpaired) electrons. The van der Waals surface area contributed by atoms with Gasteiger partial charge >= 0.3 is 0 Å². The summed E-state index contributed by atoms with van der Waals surface area (Å²) in [5.41, 5.74) is 1.44. The third-order valence-electron chi connectivity index (χ3n) is 3.30. The van der Waals surface area contributed by atoms with E-state index in [4.69, 9.17) is 0 Å². The third-order valence-corrected chi connectivity index (χ3v) is 3.30. The molecular weight excluding hydrogens is 174 g/mol. The van der Waals surface area contributed by atoms with E-state index in [1.54, 1.807) is 0 Å². The van der Waals surface area contributed by atoms with E-state index in [9.17, 15) is 5.11 Å². The van der Waals surface area contributed by atoms with Crippen molar-refractivity contribution in [3.05, 3.63) is 11.6 Å². The van der Waals surface area contributed by atoms with Gasteiger partial charge in [0.1, 0.15) is 0 Å². The number of piperidine rings is 1.